The first-order valence-electron chi connectivity index (χ1n) is 9.99. The van der Waals surface area contributed by atoms with Gasteiger partial charge in [0, 0.05) is 31.2 Å². The molecule has 1 aliphatic rings. The number of aromatic nitrogens is 1. The number of anilines is 1. The fraction of sp³-hybridized carbons (Fsp3) is 0.364. The monoisotopic (exact) mass is 445 g/mol. The van der Waals surface area contributed by atoms with Gasteiger partial charge < -0.3 is 19.3 Å². The van der Waals surface area contributed by atoms with E-state index in [1.807, 2.05) is 55.1 Å². The second kappa shape index (κ2) is 9.10. The van der Waals surface area contributed by atoms with Crippen molar-refractivity contribution in [3.8, 4) is 11.5 Å². The van der Waals surface area contributed by atoms with Crippen LogP contribution in [0.25, 0.3) is 10.2 Å². The highest BCUT2D eigenvalue weighted by Gasteiger charge is 2.23. The number of ether oxygens (including phenoxy) is 2. The molecule has 1 amide bonds. The number of carbonyl (C=O) groups is 1. The summed E-state index contributed by atoms with van der Waals surface area (Å²) in [5.74, 6) is 1.45. The molecule has 0 saturated carbocycles. The molecule has 1 fully saturated rings. The topological polar surface area (TPSA) is 54.9 Å². The predicted molar refractivity (Wildman–Crippen MR) is 121 cm³/mol. The third-order valence-corrected chi connectivity index (χ3v) is 6.63. The number of fused-ring (bicyclic) bond motifs is 1. The molecule has 1 saturated heterocycles. The lowest BCUT2D eigenvalue weighted by Crippen LogP contribution is -2.50. The molecule has 2 aromatic carbocycles. The number of nitrogens with zero attached hydrogens (tertiary/aromatic N) is 3. The van der Waals surface area contributed by atoms with Gasteiger partial charge in [0.15, 0.2) is 11.7 Å². The predicted octanol–water partition coefficient (Wildman–Crippen LogP) is 4.38. The van der Waals surface area contributed by atoms with Crippen molar-refractivity contribution in [2.45, 2.75) is 13.8 Å². The fourth-order valence-corrected chi connectivity index (χ4v) is 4.64. The minimum atomic E-state index is -0.00420. The number of halogens is 1. The molecule has 0 unspecified atom stereocenters. The maximum absolute atomic E-state index is 12.5. The van der Waals surface area contributed by atoms with Crippen LogP contribution < -0.4 is 14.4 Å². The van der Waals surface area contributed by atoms with Gasteiger partial charge in [-0.25, -0.2) is 4.98 Å². The second-order valence-electron chi connectivity index (χ2n) is 7.08. The van der Waals surface area contributed by atoms with E-state index in [2.05, 4.69) is 4.90 Å². The van der Waals surface area contributed by atoms with Crippen molar-refractivity contribution >= 4 is 44.2 Å². The zero-order chi connectivity index (χ0) is 21.1. The van der Waals surface area contributed by atoms with Crippen LogP contribution in [0.15, 0.2) is 36.4 Å². The van der Waals surface area contributed by atoms with Crippen molar-refractivity contribution < 1.29 is 14.3 Å². The lowest BCUT2D eigenvalue weighted by molar-refractivity contribution is -0.133. The number of carbonyl (C=O) groups excluding carboxylic acids is 1. The Morgan fingerprint density at radius 2 is 1.73 bits per heavy atom. The fourth-order valence-electron chi connectivity index (χ4n) is 3.41. The minimum absolute atomic E-state index is 0.00420. The Labute approximate surface area is 185 Å². The van der Waals surface area contributed by atoms with E-state index in [1.165, 1.54) is 0 Å². The zero-order valence-corrected chi connectivity index (χ0v) is 18.6. The highest BCUT2D eigenvalue weighted by atomic mass is 35.5. The number of rotatable bonds is 6. The standard InChI is InChI=1S/C22H24ClN3O3S/c1-3-28-16-4-6-17(7-5-16)29-14-20(27)25-10-12-26(13-11-25)22-24-21-15(2)18(23)8-9-19(21)30-22/h4-9H,3,10-14H2,1-2H3. The lowest BCUT2D eigenvalue weighted by atomic mass is 10.2. The molecule has 1 aliphatic heterocycles. The van der Waals surface area contributed by atoms with Crippen LogP contribution in [0.5, 0.6) is 11.5 Å². The summed E-state index contributed by atoms with van der Waals surface area (Å²) in [7, 11) is 0. The first kappa shape index (κ1) is 20.8. The van der Waals surface area contributed by atoms with Gasteiger partial charge in [-0.2, -0.15) is 0 Å². The van der Waals surface area contributed by atoms with Gasteiger partial charge in [0.25, 0.3) is 5.91 Å². The third kappa shape index (κ3) is 4.47. The van der Waals surface area contributed by atoms with Crippen LogP contribution in [-0.2, 0) is 4.79 Å². The number of aryl methyl sites for hydroxylation is 1. The Hall–Kier alpha value is -2.51. The molecule has 0 radical (unpaired) electrons. The van der Waals surface area contributed by atoms with Crippen molar-refractivity contribution in [3.05, 3.63) is 47.0 Å². The maximum Gasteiger partial charge on any atom is 0.260 e. The number of piperazine rings is 1. The van der Waals surface area contributed by atoms with E-state index in [-0.39, 0.29) is 12.5 Å². The first-order valence-corrected chi connectivity index (χ1v) is 11.2. The van der Waals surface area contributed by atoms with Crippen LogP contribution >= 0.6 is 22.9 Å². The Bertz CT molecular complexity index is 1030. The van der Waals surface area contributed by atoms with E-state index < -0.39 is 0 Å². The molecule has 30 heavy (non-hydrogen) atoms. The molecule has 0 aliphatic carbocycles. The van der Waals surface area contributed by atoms with Gasteiger partial charge >= 0.3 is 0 Å². The highest BCUT2D eigenvalue weighted by Crippen LogP contribution is 2.33. The van der Waals surface area contributed by atoms with Gasteiger partial charge in [-0.1, -0.05) is 22.9 Å². The van der Waals surface area contributed by atoms with E-state index in [9.17, 15) is 4.79 Å². The number of hydrogen-bond donors (Lipinski definition) is 0. The summed E-state index contributed by atoms with van der Waals surface area (Å²) >= 11 is 7.89. The SMILES string of the molecule is CCOc1ccc(OCC(=O)N2CCN(c3nc4c(C)c(Cl)ccc4s3)CC2)cc1. The van der Waals surface area contributed by atoms with E-state index in [0.29, 0.717) is 25.4 Å². The van der Waals surface area contributed by atoms with Gasteiger partial charge in [0.05, 0.1) is 16.8 Å². The van der Waals surface area contributed by atoms with E-state index >= 15 is 0 Å². The normalized spacial score (nSPS) is 14.2. The summed E-state index contributed by atoms with van der Waals surface area (Å²) in [5.41, 5.74) is 1.97. The molecule has 0 bridgehead atoms. The Balaban J connectivity index is 1.30. The quantitative estimate of drug-likeness (QED) is 0.563. The molecule has 4 rings (SSSR count). The Kier molecular flexibility index (Phi) is 6.29. The molecule has 3 aromatic rings. The number of thiazole rings is 1. The molecular formula is C22H24ClN3O3S. The van der Waals surface area contributed by atoms with Gasteiger partial charge in [-0.15, -0.1) is 0 Å². The summed E-state index contributed by atoms with van der Waals surface area (Å²) in [6.07, 6.45) is 0. The van der Waals surface area contributed by atoms with Crippen LogP contribution in [0.4, 0.5) is 5.13 Å². The summed E-state index contributed by atoms with van der Waals surface area (Å²) < 4.78 is 12.2. The van der Waals surface area contributed by atoms with E-state index in [0.717, 1.165) is 44.8 Å². The van der Waals surface area contributed by atoms with Gasteiger partial charge in [0.1, 0.15) is 11.5 Å². The summed E-state index contributed by atoms with van der Waals surface area (Å²) in [5, 5.41) is 1.72. The van der Waals surface area contributed by atoms with Crippen LogP contribution in [0, 0.1) is 6.92 Å². The molecule has 158 valence electrons. The van der Waals surface area contributed by atoms with Gasteiger partial charge in [0.2, 0.25) is 0 Å². The van der Waals surface area contributed by atoms with Gasteiger partial charge in [-0.05, 0) is 55.8 Å². The van der Waals surface area contributed by atoms with Crippen molar-refractivity contribution in [1.82, 2.24) is 9.88 Å². The van der Waals surface area contributed by atoms with Crippen LogP contribution in [-0.4, -0.2) is 55.2 Å². The Morgan fingerprint density at radius 1 is 1.07 bits per heavy atom. The second-order valence-corrected chi connectivity index (χ2v) is 8.49. The first-order chi connectivity index (χ1) is 14.5. The number of hydrogen-bond acceptors (Lipinski definition) is 6. The van der Waals surface area contributed by atoms with Crippen LogP contribution in [0.1, 0.15) is 12.5 Å². The van der Waals surface area contributed by atoms with Crippen molar-refractivity contribution in [3.63, 3.8) is 0 Å². The van der Waals surface area contributed by atoms with Crippen LogP contribution in [0.2, 0.25) is 5.02 Å². The van der Waals surface area contributed by atoms with Crippen molar-refractivity contribution in [1.29, 1.82) is 0 Å². The average molecular weight is 446 g/mol. The highest BCUT2D eigenvalue weighted by molar-refractivity contribution is 7.22. The van der Waals surface area contributed by atoms with Crippen LogP contribution in [0.3, 0.4) is 0 Å². The van der Waals surface area contributed by atoms with Crippen molar-refractivity contribution in [2.75, 3.05) is 44.3 Å². The molecule has 0 N–H and O–H groups in total. The molecule has 6 nitrogen and oxygen atoms in total. The molecule has 0 spiro atoms. The largest absolute Gasteiger partial charge is 0.494 e. The third-order valence-electron chi connectivity index (χ3n) is 5.14. The van der Waals surface area contributed by atoms with E-state index in [4.69, 9.17) is 26.1 Å². The Morgan fingerprint density at radius 3 is 2.40 bits per heavy atom. The van der Waals surface area contributed by atoms with E-state index in [1.54, 1.807) is 11.3 Å². The molecule has 8 heteroatoms. The average Bonchev–Trinajstić information content (AvgIpc) is 3.21. The maximum atomic E-state index is 12.5. The smallest absolute Gasteiger partial charge is 0.260 e. The van der Waals surface area contributed by atoms with Gasteiger partial charge in [-0.3, -0.25) is 4.79 Å². The zero-order valence-electron chi connectivity index (χ0n) is 17.1. The summed E-state index contributed by atoms with van der Waals surface area (Å²) in [6, 6.07) is 11.3. The molecular weight excluding hydrogens is 422 g/mol. The minimum Gasteiger partial charge on any atom is -0.494 e. The molecule has 1 aromatic heterocycles. The summed E-state index contributed by atoms with van der Waals surface area (Å²) in [6.45, 7) is 7.40. The number of amides is 1. The molecule has 0 atom stereocenters. The number of benzene rings is 2. The van der Waals surface area contributed by atoms with Crippen molar-refractivity contribution in [2.24, 2.45) is 0 Å². The summed E-state index contributed by atoms with van der Waals surface area (Å²) in [4.78, 5) is 21.4. The molecule has 2 heterocycles. The lowest BCUT2D eigenvalue weighted by Gasteiger charge is -2.34.